The summed E-state index contributed by atoms with van der Waals surface area (Å²) in [6, 6.07) is 12.8. The Hall–Kier alpha value is -2.50. The molecule has 28 heavy (non-hydrogen) atoms. The summed E-state index contributed by atoms with van der Waals surface area (Å²) in [5.74, 6) is 0. The minimum Gasteiger partial charge on any atom is -0.265 e. The minimum atomic E-state index is -3.75. The molecular formula is C23H26N2O2S. The van der Waals surface area contributed by atoms with Gasteiger partial charge in [-0.2, -0.15) is 4.72 Å². The lowest BCUT2D eigenvalue weighted by Crippen LogP contribution is -2.31. The van der Waals surface area contributed by atoms with E-state index < -0.39 is 16.1 Å². The molecule has 0 bridgehead atoms. The molecule has 0 aliphatic heterocycles. The molecule has 1 N–H and O–H groups in total. The second-order valence-electron chi connectivity index (χ2n) is 7.20. The molecule has 1 unspecified atom stereocenters. The van der Waals surface area contributed by atoms with Crippen LogP contribution < -0.4 is 4.72 Å². The van der Waals surface area contributed by atoms with Crippen molar-refractivity contribution in [3.05, 3.63) is 93.8 Å². The van der Waals surface area contributed by atoms with Gasteiger partial charge in [0.2, 0.25) is 10.0 Å². The summed E-state index contributed by atoms with van der Waals surface area (Å²) in [5.41, 5.74) is 6.51. The number of benzene rings is 2. The fraction of sp³-hybridized carbons (Fsp3) is 0.261. The molecule has 3 rings (SSSR count). The average Bonchev–Trinajstić information content (AvgIpc) is 2.70. The number of nitrogens with one attached hydrogen (secondary N) is 1. The van der Waals surface area contributed by atoms with Crippen molar-refractivity contribution in [2.75, 3.05) is 0 Å². The van der Waals surface area contributed by atoms with E-state index in [4.69, 9.17) is 0 Å². The number of sulfonamides is 1. The van der Waals surface area contributed by atoms with Gasteiger partial charge >= 0.3 is 0 Å². The molecule has 1 heterocycles. The maximum Gasteiger partial charge on any atom is 0.241 e. The molecule has 4 nitrogen and oxygen atoms in total. The zero-order valence-electron chi connectivity index (χ0n) is 16.9. The summed E-state index contributed by atoms with van der Waals surface area (Å²) in [5, 5.41) is 0. The quantitative estimate of drug-likeness (QED) is 0.683. The van der Waals surface area contributed by atoms with Crippen molar-refractivity contribution >= 4 is 10.0 Å². The highest BCUT2D eigenvalue weighted by molar-refractivity contribution is 7.89. The fourth-order valence-electron chi connectivity index (χ4n) is 3.61. The minimum absolute atomic E-state index is 0.378. The molecule has 0 aliphatic carbocycles. The van der Waals surface area contributed by atoms with Crippen molar-refractivity contribution in [3.63, 3.8) is 0 Å². The van der Waals surface area contributed by atoms with E-state index in [2.05, 4.69) is 9.71 Å². The number of aromatic nitrogens is 1. The molecule has 146 valence electrons. The van der Waals surface area contributed by atoms with Crippen molar-refractivity contribution in [2.24, 2.45) is 0 Å². The van der Waals surface area contributed by atoms with Gasteiger partial charge in [-0.25, -0.2) is 8.42 Å². The molecule has 2 aromatic carbocycles. The Kier molecular flexibility index (Phi) is 5.68. The third kappa shape index (κ3) is 3.73. The maximum atomic E-state index is 13.5. The van der Waals surface area contributed by atoms with Crippen LogP contribution in [0.1, 0.15) is 45.0 Å². The van der Waals surface area contributed by atoms with Gasteiger partial charge in [-0.15, -0.1) is 0 Å². The molecule has 0 fully saturated rings. The van der Waals surface area contributed by atoms with Crippen molar-refractivity contribution in [3.8, 4) is 0 Å². The predicted octanol–water partition coefficient (Wildman–Crippen LogP) is 4.69. The maximum absolute atomic E-state index is 13.5. The molecule has 0 spiro atoms. The van der Waals surface area contributed by atoms with Crippen LogP contribution in [0, 0.1) is 34.6 Å². The van der Waals surface area contributed by atoms with E-state index in [9.17, 15) is 8.42 Å². The van der Waals surface area contributed by atoms with E-state index in [0.717, 1.165) is 38.9 Å². The van der Waals surface area contributed by atoms with Gasteiger partial charge < -0.3 is 0 Å². The van der Waals surface area contributed by atoms with E-state index in [-0.39, 0.29) is 0 Å². The number of rotatable bonds is 5. The van der Waals surface area contributed by atoms with Crippen LogP contribution >= 0.6 is 0 Å². The average molecular weight is 395 g/mol. The summed E-state index contributed by atoms with van der Waals surface area (Å²) >= 11 is 0. The van der Waals surface area contributed by atoms with Crippen LogP contribution in [0.25, 0.3) is 0 Å². The molecule has 0 amide bonds. The molecule has 5 heteroatoms. The molecule has 0 aliphatic rings. The van der Waals surface area contributed by atoms with E-state index in [1.807, 2.05) is 77.1 Å². The monoisotopic (exact) mass is 394 g/mol. The highest BCUT2D eigenvalue weighted by atomic mass is 32.2. The zero-order chi connectivity index (χ0) is 20.5. The number of hydrogen-bond acceptors (Lipinski definition) is 3. The fourth-order valence-corrected chi connectivity index (χ4v) is 5.43. The molecule has 1 aromatic heterocycles. The largest absolute Gasteiger partial charge is 0.265 e. The molecule has 0 radical (unpaired) electrons. The van der Waals surface area contributed by atoms with Gasteiger partial charge in [-0.1, -0.05) is 30.3 Å². The molecule has 1 atom stereocenters. The van der Waals surface area contributed by atoms with Crippen LogP contribution in [0.15, 0.2) is 59.8 Å². The van der Waals surface area contributed by atoms with Crippen LogP contribution in [0.5, 0.6) is 0 Å². The summed E-state index contributed by atoms with van der Waals surface area (Å²) < 4.78 is 30.0. The van der Waals surface area contributed by atoms with Gasteiger partial charge in [0.1, 0.15) is 0 Å². The molecule has 0 saturated carbocycles. The summed E-state index contributed by atoms with van der Waals surface area (Å²) in [6.45, 7) is 9.76. The Labute approximate surface area is 167 Å². The lowest BCUT2D eigenvalue weighted by atomic mass is 9.95. The van der Waals surface area contributed by atoms with Crippen molar-refractivity contribution in [2.45, 2.75) is 45.6 Å². The van der Waals surface area contributed by atoms with Crippen molar-refractivity contribution in [1.29, 1.82) is 0 Å². The standard InChI is InChI=1S/C23H26N2O2S/c1-15-16(2)18(4)23(19(5)17(15)3)28(26,27)25-22(20-9-7-6-8-10-20)21-11-13-24-14-12-21/h6-14,22,25H,1-5H3. The van der Waals surface area contributed by atoms with Gasteiger partial charge in [-0.05, 0) is 85.7 Å². The molecular weight excluding hydrogens is 368 g/mol. The van der Waals surface area contributed by atoms with Gasteiger partial charge in [0.25, 0.3) is 0 Å². The normalized spacial score (nSPS) is 12.8. The first kappa shape index (κ1) is 20.2. The number of pyridine rings is 1. The number of nitrogens with zero attached hydrogens (tertiary/aromatic N) is 1. The lowest BCUT2D eigenvalue weighted by Gasteiger charge is -2.23. The van der Waals surface area contributed by atoms with Crippen molar-refractivity contribution < 1.29 is 8.42 Å². The highest BCUT2D eigenvalue weighted by Crippen LogP contribution is 2.31. The summed E-state index contributed by atoms with van der Waals surface area (Å²) in [4.78, 5) is 4.44. The Morgan fingerprint density at radius 3 is 1.71 bits per heavy atom. The number of hydrogen-bond donors (Lipinski definition) is 1. The lowest BCUT2D eigenvalue weighted by molar-refractivity contribution is 0.570. The van der Waals surface area contributed by atoms with E-state index in [0.29, 0.717) is 4.90 Å². The molecule has 3 aromatic rings. The summed E-state index contributed by atoms with van der Waals surface area (Å²) in [6.07, 6.45) is 3.35. The molecule has 0 saturated heterocycles. The van der Waals surface area contributed by atoms with Gasteiger partial charge in [-0.3, -0.25) is 4.98 Å². The first-order valence-electron chi connectivity index (χ1n) is 9.28. The second kappa shape index (κ2) is 7.86. The smallest absolute Gasteiger partial charge is 0.241 e. The van der Waals surface area contributed by atoms with Crippen LogP contribution in [0.3, 0.4) is 0 Å². The Morgan fingerprint density at radius 2 is 1.18 bits per heavy atom. The van der Waals surface area contributed by atoms with Crippen LogP contribution in [0.2, 0.25) is 0 Å². The van der Waals surface area contributed by atoms with Gasteiger partial charge in [0.15, 0.2) is 0 Å². The van der Waals surface area contributed by atoms with E-state index >= 15 is 0 Å². The van der Waals surface area contributed by atoms with Crippen LogP contribution in [0.4, 0.5) is 0 Å². The van der Waals surface area contributed by atoms with Crippen molar-refractivity contribution in [1.82, 2.24) is 9.71 Å². The highest BCUT2D eigenvalue weighted by Gasteiger charge is 2.27. The van der Waals surface area contributed by atoms with Gasteiger partial charge in [0.05, 0.1) is 10.9 Å². The third-order valence-corrected chi connectivity index (χ3v) is 7.34. The SMILES string of the molecule is Cc1c(C)c(C)c(S(=O)(=O)NC(c2ccccc2)c2ccncc2)c(C)c1C. The third-order valence-electron chi connectivity index (χ3n) is 5.65. The summed E-state index contributed by atoms with van der Waals surface area (Å²) in [7, 11) is -3.75. The first-order chi connectivity index (χ1) is 13.2. The van der Waals surface area contributed by atoms with E-state index in [1.54, 1.807) is 12.4 Å². The Balaban J connectivity index is 2.14. The van der Waals surface area contributed by atoms with Crippen LogP contribution in [-0.2, 0) is 10.0 Å². The van der Waals surface area contributed by atoms with Crippen LogP contribution in [-0.4, -0.2) is 13.4 Å². The van der Waals surface area contributed by atoms with E-state index in [1.165, 1.54) is 0 Å². The first-order valence-corrected chi connectivity index (χ1v) is 10.8. The topological polar surface area (TPSA) is 59.1 Å². The second-order valence-corrected chi connectivity index (χ2v) is 8.85. The Morgan fingerprint density at radius 1 is 0.714 bits per heavy atom. The van der Waals surface area contributed by atoms with Gasteiger partial charge in [0, 0.05) is 12.4 Å². The zero-order valence-corrected chi connectivity index (χ0v) is 17.8. The predicted molar refractivity (Wildman–Crippen MR) is 113 cm³/mol. The Bertz CT molecular complexity index is 1020.